The van der Waals surface area contributed by atoms with Crippen molar-refractivity contribution in [3.63, 3.8) is 0 Å². The maximum Gasteiger partial charge on any atom is 0.237 e. The lowest BCUT2D eigenvalue weighted by Gasteiger charge is -2.29. The summed E-state index contributed by atoms with van der Waals surface area (Å²) in [6, 6.07) is -0.231. The second-order valence-electron chi connectivity index (χ2n) is 4.87. The van der Waals surface area contributed by atoms with Crippen molar-refractivity contribution in [1.82, 2.24) is 4.90 Å². The summed E-state index contributed by atoms with van der Waals surface area (Å²) in [6.07, 6.45) is 2.46. The van der Waals surface area contributed by atoms with Gasteiger partial charge in [0, 0.05) is 19.2 Å². The maximum atomic E-state index is 11.8. The van der Waals surface area contributed by atoms with Gasteiger partial charge in [0.05, 0.1) is 17.6 Å². The van der Waals surface area contributed by atoms with Crippen LogP contribution in [0.25, 0.3) is 0 Å². The van der Waals surface area contributed by atoms with Crippen molar-refractivity contribution in [2.24, 2.45) is 0 Å². The Morgan fingerprint density at radius 2 is 2.17 bits per heavy atom. The highest BCUT2D eigenvalue weighted by molar-refractivity contribution is 7.91. The fourth-order valence-corrected chi connectivity index (χ4v) is 4.44. The van der Waals surface area contributed by atoms with Crippen LogP contribution in [0.15, 0.2) is 0 Å². The number of halogens is 1. The lowest BCUT2D eigenvalue weighted by molar-refractivity contribution is -0.132. The van der Waals surface area contributed by atoms with Crippen LogP contribution in [0.4, 0.5) is 0 Å². The van der Waals surface area contributed by atoms with Crippen LogP contribution in [0.1, 0.15) is 19.3 Å². The van der Waals surface area contributed by atoms with Crippen LogP contribution < -0.4 is 0 Å². The largest absolute Gasteiger partial charge is 0.376 e. The molecule has 104 valence electrons. The van der Waals surface area contributed by atoms with Crippen molar-refractivity contribution in [2.75, 3.05) is 30.5 Å². The molecule has 2 aliphatic heterocycles. The minimum atomic E-state index is -2.99. The summed E-state index contributed by atoms with van der Waals surface area (Å²) in [5.41, 5.74) is 0. The summed E-state index contributed by atoms with van der Waals surface area (Å²) < 4.78 is 28.5. The Hall–Kier alpha value is -0.330. The van der Waals surface area contributed by atoms with Gasteiger partial charge in [-0.1, -0.05) is 0 Å². The highest BCUT2D eigenvalue weighted by Gasteiger charge is 2.35. The van der Waals surface area contributed by atoms with Gasteiger partial charge in [-0.05, 0) is 19.3 Å². The third kappa shape index (κ3) is 3.36. The molecular weight excluding hydrogens is 278 g/mol. The van der Waals surface area contributed by atoms with Crippen LogP contribution >= 0.6 is 11.6 Å². The second-order valence-corrected chi connectivity index (χ2v) is 7.37. The second kappa shape index (κ2) is 5.75. The summed E-state index contributed by atoms with van der Waals surface area (Å²) in [4.78, 5) is 13.4. The zero-order chi connectivity index (χ0) is 13.2. The van der Waals surface area contributed by atoms with E-state index in [1.165, 1.54) is 0 Å². The summed E-state index contributed by atoms with van der Waals surface area (Å²) in [6.45, 7) is 1.18. The number of amides is 1. The molecule has 5 nitrogen and oxygen atoms in total. The Kier molecular flexibility index (Phi) is 4.50. The Morgan fingerprint density at radius 3 is 2.67 bits per heavy atom. The van der Waals surface area contributed by atoms with E-state index >= 15 is 0 Å². The SMILES string of the molecule is O=C(CCl)N(C[C@@H]1CCCO1)[C@@H]1CCS(=O)(=O)C1. The number of sulfone groups is 1. The van der Waals surface area contributed by atoms with Crippen molar-refractivity contribution in [1.29, 1.82) is 0 Å². The van der Waals surface area contributed by atoms with Gasteiger partial charge >= 0.3 is 0 Å². The molecule has 0 spiro atoms. The zero-order valence-electron chi connectivity index (χ0n) is 10.2. The first-order valence-corrected chi connectivity index (χ1v) is 8.55. The van der Waals surface area contributed by atoms with Gasteiger partial charge in [0.1, 0.15) is 5.88 Å². The number of hydrogen-bond donors (Lipinski definition) is 0. The molecule has 0 bridgehead atoms. The number of ether oxygens (including phenoxy) is 1. The average Bonchev–Trinajstić information content (AvgIpc) is 2.94. The molecule has 0 unspecified atom stereocenters. The van der Waals surface area contributed by atoms with Crippen molar-refractivity contribution in [3.8, 4) is 0 Å². The molecule has 0 aromatic heterocycles. The van der Waals surface area contributed by atoms with E-state index in [1.54, 1.807) is 4.90 Å². The first-order chi connectivity index (χ1) is 8.52. The van der Waals surface area contributed by atoms with Gasteiger partial charge in [0.15, 0.2) is 9.84 Å². The predicted molar refractivity (Wildman–Crippen MR) is 68.5 cm³/mol. The molecule has 2 atom stereocenters. The molecule has 18 heavy (non-hydrogen) atoms. The van der Waals surface area contributed by atoms with Crippen molar-refractivity contribution >= 4 is 27.3 Å². The Morgan fingerprint density at radius 1 is 1.39 bits per heavy atom. The Balaban J connectivity index is 2.03. The molecule has 0 aliphatic carbocycles. The smallest absolute Gasteiger partial charge is 0.237 e. The standard InChI is InChI=1S/C11H18ClNO4S/c12-6-11(14)13(7-10-2-1-4-17-10)9-3-5-18(15,16)8-9/h9-10H,1-8H2/t9-,10+/m1/s1. The summed E-state index contributed by atoms with van der Waals surface area (Å²) >= 11 is 5.60. The molecule has 0 radical (unpaired) electrons. The molecule has 2 saturated heterocycles. The first-order valence-electron chi connectivity index (χ1n) is 6.19. The number of rotatable bonds is 4. The lowest BCUT2D eigenvalue weighted by atomic mass is 10.1. The van der Waals surface area contributed by atoms with Crippen LogP contribution in [0.3, 0.4) is 0 Å². The van der Waals surface area contributed by atoms with E-state index in [0.717, 1.165) is 19.4 Å². The molecule has 0 saturated carbocycles. The quantitative estimate of drug-likeness (QED) is 0.705. The number of nitrogens with zero attached hydrogens (tertiary/aromatic N) is 1. The highest BCUT2D eigenvalue weighted by Crippen LogP contribution is 2.21. The minimum absolute atomic E-state index is 0.0282. The van der Waals surface area contributed by atoms with E-state index < -0.39 is 9.84 Å². The third-order valence-electron chi connectivity index (χ3n) is 3.51. The zero-order valence-corrected chi connectivity index (χ0v) is 11.8. The normalized spacial score (nSPS) is 30.5. The Labute approximate surface area is 112 Å². The van der Waals surface area contributed by atoms with Crippen LogP contribution in [0.2, 0.25) is 0 Å². The predicted octanol–water partition coefficient (Wildman–Crippen LogP) is 0.420. The van der Waals surface area contributed by atoms with E-state index in [1.807, 2.05) is 0 Å². The van der Waals surface area contributed by atoms with E-state index in [0.29, 0.717) is 13.0 Å². The monoisotopic (exact) mass is 295 g/mol. The maximum absolute atomic E-state index is 11.8. The van der Waals surface area contributed by atoms with Crippen LogP contribution in [0, 0.1) is 0 Å². The lowest BCUT2D eigenvalue weighted by Crippen LogP contribution is -2.45. The van der Waals surface area contributed by atoms with E-state index in [4.69, 9.17) is 16.3 Å². The van der Waals surface area contributed by atoms with Gasteiger partial charge in [-0.3, -0.25) is 4.79 Å². The van der Waals surface area contributed by atoms with Crippen molar-refractivity contribution < 1.29 is 17.9 Å². The van der Waals surface area contributed by atoms with Gasteiger partial charge in [-0.2, -0.15) is 0 Å². The van der Waals surface area contributed by atoms with Crippen LogP contribution in [0.5, 0.6) is 0 Å². The summed E-state index contributed by atoms with van der Waals surface area (Å²) in [5, 5.41) is 0. The van der Waals surface area contributed by atoms with Gasteiger partial charge in [0.25, 0.3) is 0 Å². The molecule has 0 N–H and O–H groups in total. The van der Waals surface area contributed by atoms with E-state index in [2.05, 4.69) is 0 Å². The Bertz CT molecular complexity index is 405. The van der Waals surface area contributed by atoms with Gasteiger partial charge in [-0.25, -0.2) is 8.42 Å². The molecule has 1 amide bonds. The molecule has 2 rings (SSSR count). The first kappa shape index (κ1) is 14.1. The number of carbonyl (C=O) groups is 1. The highest BCUT2D eigenvalue weighted by atomic mass is 35.5. The number of hydrogen-bond acceptors (Lipinski definition) is 4. The van der Waals surface area contributed by atoms with E-state index in [-0.39, 0.29) is 35.4 Å². The number of carbonyl (C=O) groups excluding carboxylic acids is 1. The van der Waals surface area contributed by atoms with Gasteiger partial charge in [0.2, 0.25) is 5.91 Å². The topological polar surface area (TPSA) is 63.7 Å². The fourth-order valence-electron chi connectivity index (χ4n) is 2.56. The van der Waals surface area contributed by atoms with Crippen molar-refractivity contribution in [3.05, 3.63) is 0 Å². The fraction of sp³-hybridized carbons (Fsp3) is 0.909. The van der Waals surface area contributed by atoms with Crippen molar-refractivity contribution in [2.45, 2.75) is 31.4 Å². The third-order valence-corrected chi connectivity index (χ3v) is 5.49. The van der Waals surface area contributed by atoms with Crippen LogP contribution in [-0.4, -0.2) is 61.9 Å². The van der Waals surface area contributed by atoms with Gasteiger partial charge < -0.3 is 9.64 Å². The molecule has 0 aromatic rings. The van der Waals surface area contributed by atoms with Crippen LogP contribution in [-0.2, 0) is 19.4 Å². The summed E-state index contributed by atoms with van der Waals surface area (Å²) in [5.74, 6) is -0.0878. The summed E-state index contributed by atoms with van der Waals surface area (Å²) in [7, 11) is -2.99. The molecular formula is C11H18ClNO4S. The molecule has 2 heterocycles. The molecule has 2 fully saturated rings. The molecule has 2 aliphatic rings. The molecule has 0 aromatic carbocycles. The molecule has 7 heteroatoms. The number of alkyl halides is 1. The minimum Gasteiger partial charge on any atom is -0.376 e. The van der Waals surface area contributed by atoms with E-state index in [9.17, 15) is 13.2 Å². The van der Waals surface area contributed by atoms with Gasteiger partial charge in [-0.15, -0.1) is 11.6 Å². The average molecular weight is 296 g/mol.